The second kappa shape index (κ2) is 13.6. The Labute approximate surface area is 210 Å². The maximum Gasteiger partial charge on any atom is 0.239 e. The average molecular weight is 563 g/mol. The van der Waals surface area contributed by atoms with Crippen LogP contribution in [0.1, 0.15) is 58.3 Å². The Bertz CT molecular complexity index is 638. The Morgan fingerprint density at radius 2 is 1.81 bits per heavy atom. The monoisotopic (exact) mass is 562 g/mol. The summed E-state index contributed by atoms with van der Waals surface area (Å²) in [6.45, 7) is 7.15. The highest BCUT2D eigenvalue weighted by molar-refractivity contribution is 14.0. The van der Waals surface area contributed by atoms with Crippen molar-refractivity contribution in [2.24, 2.45) is 10.9 Å². The number of nitrogens with one attached hydrogen (secondary N) is 2. The Hall–Kier alpha value is -1.10. The fraction of sp³-hybridized carbons (Fsp3) is 0.870. The quantitative estimate of drug-likeness (QED) is 0.205. The van der Waals surface area contributed by atoms with Crippen molar-refractivity contribution in [1.82, 2.24) is 25.3 Å². The van der Waals surface area contributed by atoms with Crippen molar-refractivity contribution in [2.45, 2.75) is 70.4 Å². The van der Waals surface area contributed by atoms with Crippen molar-refractivity contribution in [3.05, 3.63) is 0 Å². The van der Waals surface area contributed by atoms with E-state index >= 15 is 0 Å². The highest BCUT2D eigenvalue weighted by atomic mass is 127. The molecule has 2 unspecified atom stereocenters. The molecule has 3 rings (SSSR count). The van der Waals surface area contributed by atoms with Crippen LogP contribution >= 0.6 is 24.0 Å². The van der Waals surface area contributed by atoms with Gasteiger partial charge in [0.05, 0.1) is 6.04 Å². The highest BCUT2D eigenvalue weighted by Crippen LogP contribution is 2.27. The van der Waals surface area contributed by atoms with E-state index < -0.39 is 0 Å². The highest BCUT2D eigenvalue weighted by Gasteiger charge is 2.33. The van der Waals surface area contributed by atoms with Gasteiger partial charge in [-0.15, -0.1) is 24.0 Å². The van der Waals surface area contributed by atoms with Crippen LogP contribution in [-0.4, -0.2) is 97.9 Å². The molecule has 32 heavy (non-hydrogen) atoms. The summed E-state index contributed by atoms with van der Waals surface area (Å²) in [6, 6.07) is 0.302. The summed E-state index contributed by atoms with van der Waals surface area (Å²) in [5.74, 6) is 1.67. The number of carbonyl (C=O) groups is 2. The third-order valence-corrected chi connectivity index (χ3v) is 6.85. The molecular weight excluding hydrogens is 519 g/mol. The molecule has 8 nitrogen and oxygen atoms in total. The maximum atomic E-state index is 12.7. The molecule has 3 aliphatic rings. The first-order valence-electron chi connectivity index (χ1n) is 12.3. The summed E-state index contributed by atoms with van der Waals surface area (Å²) in [4.78, 5) is 35.8. The van der Waals surface area contributed by atoms with Crippen molar-refractivity contribution in [3.63, 3.8) is 0 Å². The minimum Gasteiger partial charge on any atom is -0.357 e. The summed E-state index contributed by atoms with van der Waals surface area (Å²) >= 11 is 0. The third-order valence-electron chi connectivity index (χ3n) is 6.85. The van der Waals surface area contributed by atoms with Crippen LogP contribution in [0.3, 0.4) is 0 Å². The average Bonchev–Trinajstić information content (AvgIpc) is 3.52. The first-order valence-corrected chi connectivity index (χ1v) is 12.3. The van der Waals surface area contributed by atoms with Gasteiger partial charge in [-0.05, 0) is 52.0 Å². The Balaban J connectivity index is 0.00000363. The van der Waals surface area contributed by atoms with E-state index in [1.165, 1.54) is 12.8 Å². The molecule has 0 aromatic rings. The smallest absolute Gasteiger partial charge is 0.239 e. The molecule has 2 atom stereocenters. The molecule has 1 saturated carbocycles. The van der Waals surface area contributed by atoms with Crippen LogP contribution < -0.4 is 10.6 Å². The van der Waals surface area contributed by atoms with E-state index in [2.05, 4.69) is 22.5 Å². The molecule has 0 radical (unpaired) electrons. The van der Waals surface area contributed by atoms with Crippen molar-refractivity contribution in [2.75, 3.05) is 53.4 Å². The summed E-state index contributed by atoms with van der Waals surface area (Å²) < 4.78 is 0. The minimum atomic E-state index is 0. The third kappa shape index (κ3) is 7.46. The molecule has 0 bridgehead atoms. The van der Waals surface area contributed by atoms with Gasteiger partial charge >= 0.3 is 0 Å². The molecule has 2 saturated heterocycles. The first-order chi connectivity index (χ1) is 15.0. The van der Waals surface area contributed by atoms with Crippen LogP contribution in [0.5, 0.6) is 0 Å². The molecule has 2 amide bonds. The van der Waals surface area contributed by atoms with Crippen LogP contribution in [0, 0.1) is 5.92 Å². The van der Waals surface area contributed by atoms with E-state index in [-0.39, 0.29) is 47.9 Å². The van der Waals surface area contributed by atoms with E-state index in [0.717, 1.165) is 83.8 Å². The maximum absolute atomic E-state index is 12.7. The molecule has 9 heteroatoms. The first kappa shape index (κ1) is 27.1. The van der Waals surface area contributed by atoms with Gasteiger partial charge in [0, 0.05) is 58.8 Å². The second-order valence-corrected chi connectivity index (χ2v) is 9.44. The van der Waals surface area contributed by atoms with Gasteiger partial charge in [-0.1, -0.05) is 12.8 Å². The summed E-state index contributed by atoms with van der Waals surface area (Å²) in [5.41, 5.74) is 0. The summed E-state index contributed by atoms with van der Waals surface area (Å²) in [5, 5.41) is 6.87. The number of amides is 2. The van der Waals surface area contributed by atoms with Gasteiger partial charge in [-0.2, -0.15) is 0 Å². The number of likely N-dealkylation sites (N-methyl/N-ethyl adjacent to an activating group) is 1. The largest absolute Gasteiger partial charge is 0.357 e. The molecular formula is C23H43IN6O2. The van der Waals surface area contributed by atoms with Crippen LogP contribution in [-0.2, 0) is 9.59 Å². The van der Waals surface area contributed by atoms with E-state index in [0.29, 0.717) is 5.91 Å². The molecule has 0 spiro atoms. The second-order valence-electron chi connectivity index (χ2n) is 9.44. The summed E-state index contributed by atoms with van der Waals surface area (Å²) in [7, 11) is 3.67. The van der Waals surface area contributed by atoms with Crippen LogP contribution in [0.4, 0.5) is 0 Å². The van der Waals surface area contributed by atoms with Crippen molar-refractivity contribution in [3.8, 4) is 0 Å². The molecule has 2 N–H and O–H groups in total. The molecule has 184 valence electrons. The molecule has 0 aromatic carbocycles. The van der Waals surface area contributed by atoms with E-state index in [9.17, 15) is 9.59 Å². The van der Waals surface area contributed by atoms with Gasteiger partial charge in [-0.3, -0.25) is 19.5 Å². The number of hydrogen-bond donors (Lipinski definition) is 2. The van der Waals surface area contributed by atoms with Crippen molar-refractivity contribution < 1.29 is 9.59 Å². The molecule has 2 aliphatic heterocycles. The van der Waals surface area contributed by atoms with Gasteiger partial charge in [0.2, 0.25) is 11.8 Å². The number of rotatable bonds is 8. The zero-order chi connectivity index (χ0) is 22.2. The lowest BCUT2D eigenvalue weighted by Crippen LogP contribution is -2.45. The van der Waals surface area contributed by atoms with Crippen molar-refractivity contribution >= 4 is 41.8 Å². The topological polar surface area (TPSA) is 80.3 Å². The number of halogens is 1. The zero-order valence-corrected chi connectivity index (χ0v) is 22.5. The molecule has 3 fully saturated rings. The van der Waals surface area contributed by atoms with Gasteiger partial charge < -0.3 is 20.4 Å². The predicted molar refractivity (Wildman–Crippen MR) is 139 cm³/mol. The SMILES string of the molecule is CCNC(=NCCCN1CCCC1C(=O)N(C)C)NC1CCN(C(=O)C2CCCC2)C1.I. The molecule has 0 aromatic heterocycles. The number of aliphatic imine (C=N–C) groups is 1. The normalized spacial score (nSPS) is 24.5. The van der Waals surface area contributed by atoms with Gasteiger partial charge in [0.25, 0.3) is 0 Å². The van der Waals surface area contributed by atoms with Gasteiger partial charge in [-0.25, -0.2) is 0 Å². The number of carbonyl (C=O) groups excluding carboxylic acids is 2. The predicted octanol–water partition coefficient (Wildman–Crippen LogP) is 1.89. The van der Waals surface area contributed by atoms with Crippen LogP contribution in [0.25, 0.3) is 0 Å². The van der Waals surface area contributed by atoms with E-state index in [1.54, 1.807) is 4.90 Å². The van der Waals surface area contributed by atoms with Crippen LogP contribution in [0.2, 0.25) is 0 Å². The minimum absolute atomic E-state index is 0. The zero-order valence-electron chi connectivity index (χ0n) is 20.1. The Kier molecular flexibility index (Phi) is 11.5. The fourth-order valence-electron chi connectivity index (χ4n) is 5.16. The number of likely N-dealkylation sites (tertiary alicyclic amines) is 2. The molecule has 1 aliphatic carbocycles. The van der Waals surface area contributed by atoms with Crippen molar-refractivity contribution in [1.29, 1.82) is 0 Å². The lowest BCUT2D eigenvalue weighted by Gasteiger charge is -2.25. The summed E-state index contributed by atoms with van der Waals surface area (Å²) in [6.07, 6.45) is 8.49. The number of nitrogens with zero attached hydrogens (tertiary/aromatic N) is 4. The number of hydrogen-bond acceptors (Lipinski definition) is 4. The van der Waals surface area contributed by atoms with Gasteiger partial charge in [0.15, 0.2) is 5.96 Å². The Morgan fingerprint density at radius 3 is 2.50 bits per heavy atom. The standard InChI is InChI=1S/C23H42N6O2.HI/c1-4-24-23(25-13-8-15-28-14-7-11-20(28)22(31)27(2)3)26-19-12-16-29(17-19)21(30)18-9-5-6-10-18;/h18-20H,4-17H2,1-3H3,(H2,24,25,26);1H. The lowest BCUT2D eigenvalue weighted by molar-refractivity contribution is -0.134. The van der Waals surface area contributed by atoms with E-state index in [4.69, 9.17) is 4.99 Å². The molecule has 2 heterocycles. The lowest BCUT2D eigenvalue weighted by atomic mass is 10.1. The van der Waals surface area contributed by atoms with Crippen LogP contribution in [0.15, 0.2) is 4.99 Å². The van der Waals surface area contributed by atoms with E-state index in [1.807, 2.05) is 19.0 Å². The fourth-order valence-corrected chi connectivity index (χ4v) is 5.16. The Morgan fingerprint density at radius 1 is 1.06 bits per heavy atom. The number of guanidine groups is 1. The van der Waals surface area contributed by atoms with Gasteiger partial charge in [0.1, 0.15) is 0 Å².